The van der Waals surface area contributed by atoms with Gasteiger partial charge in [-0.3, -0.25) is 4.68 Å². The van der Waals surface area contributed by atoms with Gasteiger partial charge in [0.2, 0.25) is 0 Å². The van der Waals surface area contributed by atoms with Gasteiger partial charge in [0.05, 0.1) is 17.9 Å². The Kier molecular flexibility index (Phi) is 3.21. The van der Waals surface area contributed by atoms with Crippen molar-refractivity contribution >= 4 is 11.0 Å². The standard InChI is InChI=1S/C17H21N5/c1-3-15(12-6-11(2)7-12)22-9-13(8-21-22)16-14-4-5-18-17(14)20-10-19-16/h4-5,8-12,15H,3,6-7H2,1-2H3,(H,18,19,20)/t11?,12?,15-/m1/s1. The molecular formula is C17H21N5. The summed E-state index contributed by atoms with van der Waals surface area (Å²) < 4.78 is 2.15. The van der Waals surface area contributed by atoms with Crippen molar-refractivity contribution in [2.75, 3.05) is 0 Å². The Labute approximate surface area is 129 Å². The number of H-pyrrole nitrogens is 1. The lowest BCUT2D eigenvalue weighted by Crippen LogP contribution is -2.30. The fraction of sp³-hybridized carbons (Fsp3) is 0.471. The highest BCUT2D eigenvalue weighted by molar-refractivity contribution is 5.89. The van der Waals surface area contributed by atoms with Crippen LogP contribution in [0.4, 0.5) is 0 Å². The summed E-state index contributed by atoms with van der Waals surface area (Å²) in [6.45, 7) is 4.59. The second-order valence-corrected chi connectivity index (χ2v) is 6.48. The Hall–Kier alpha value is -2.17. The Morgan fingerprint density at radius 3 is 3.00 bits per heavy atom. The van der Waals surface area contributed by atoms with Crippen LogP contribution in [0.25, 0.3) is 22.3 Å². The molecular weight excluding hydrogens is 274 g/mol. The van der Waals surface area contributed by atoms with Crippen molar-refractivity contribution in [3.63, 3.8) is 0 Å². The summed E-state index contributed by atoms with van der Waals surface area (Å²) in [7, 11) is 0. The fourth-order valence-corrected chi connectivity index (χ4v) is 3.76. The first-order valence-electron chi connectivity index (χ1n) is 8.09. The minimum atomic E-state index is 0.508. The zero-order valence-corrected chi connectivity index (χ0v) is 13.0. The number of aromatic amines is 1. The van der Waals surface area contributed by atoms with E-state index in [-0.39, 0.29) is 0 Å². The molecule has 0 radical (unpaired) electrons. The predicted molar refractivity (Wildman–Crippen MR) is 86.3 cm³/mol. The third-order valence-electron chi connectivity index (χ3n) is 4.94. The Morgan fingerprint density at radius 1 is 1.36 bits per heavy atom. The molecule has 1 atom stereocenters. The molecule has 0 unspecified atom stereocenters. The quantitative estimate of drug-likeness (QED) is 0.796. The van der Waals surface area contributed by atoms with Crippen molar-refractivity contribution in [2.24, 2.45) is 11.8 Å². The van der Waals surface area contributed by atoms with Crippen LogP contribution < -0.4 is 0 Å². The van der Waals surface area contributed by atoms with Gasteiger partial charge in [-0.2, -0.15) is 5.10 Å². The van der Waals surface area contributed by atoms with Gasteiger partial charge in [-0.25, -0.2) is 9.97 Å². The molecule has 3 aromatic rings. The third kappa shape index (κ3) is 2.12. The lowest BCUT2D eigenvalue weighted by molar-refractivity contribution is 0.129. The number of fused-ring (bicyclic) bond motifs is 1. The van der Waals surface area contributed by atoms with Crippen molar-refractivity contribution in [3.05, 3.63) is 31.0 Å². The van der Waals surface area contributed by atoms with Crippen LogP contribution in [-0.2, 0) is 0 Å². The molecule has 1 N–H and O–H groups in total. The summed E-state index contributed by atoms with van der Waals surface area (Å²) in [5, 5.41) is 5.68. The Bertz CT molecular complexity index is 781. The lowest BCUT2D eigenvalue weighted by Gasteiger charge is -2.38. The van der Waals surface area contributed by atoms with Crippen LogP contribution >= 0.6 is 0 Å². The molecule has 0 aromatic carbocycles. The van der Waals surface area contributed by atoms with Crippen LogP contribution in [0, 0.1) is 11.8 Å². The molecule has 0 bridgehead atoms. The van der Waals surface area contributed by atoms with Gasteiger partial charge in [0, 0.05) is 23.3 Å². The highest BCUT2D eigenvalue weighted by Crippen LogP contribution is 2.42. The summed E-state index contributed by atoms with van der Waals surface area (Å²) in [6.07, 6.45) is 11.4. The molecule has 0 amide bonds. The van der Waals surface area contributed by atoms with E-state index in [4.69, 9.17) is 0 Å². The minimum absolute atomic E-state index is 0.508. The second-order valence-electron chi connectivity index (χ2n) is 6.48. The van der Waals surface area contributed by atoms with Crippen LogP contribution in [0.5, 0.6) is 0 Å². The van der Waals surface area contributed by atoms with Crippen LogP contribution in [0.2, 0.25) is 0 Å². The molecule has 3 aromatic heterocycles. The van der Waals surface area contributed by atoms with Crippen molar-refractivity contribution in [2.45, 2.75) is 39.2 Å². The molecule has 22 heavy (non-hydrogen) atoms. The Morgan fingerprint density at radius 2 is 2.23 bits per heavy atom. The maximum absolute atomic E-state index is 4.63. The largest absolute Gasteiger partial charge is 0.346 e. The molecule has 1 fully saturated rings. The number of hydrogen-bond acceptors (Lipinski definition) is 3. The van der Waals surface area contributed by atoms with Gasteiger partial charge in [-0.05, 0) is 37.2 Å². The first-order valence-corrected chi connectivity index (χ1v) is 8.09. The van der Waals surface area contributed by atoms with Gasteiger partial charge < -0.3 is 4.98 Å². The topological polar surface area (TPSA) is 59.4 Å². The smallest absolute Gasteiger partial charge is 0.141 e. The maximum Gasteiger partial charge on any atom is 0.141 e. The van der Waals surface area contributed by atoms with E-state index in [0.717, 1.165) is 40.5 Å². The van der Waals surface area contributed by atoms with Gasteiger partial charge in [0.1, 0.15) is 12.0 Å². The van der Waals surface area contributed by atoms with Crippen molar-refractivity contribution in [1.29, 1.82) is 0 Å². The second kappa shape index (κ2) is 5.23. The number of nitrogens with zero attached hydrogens (tertiary/aromatic N) is 4. The van der Waals surface area contributed by atoms with E-state index < -0.39 is 0 Å². The van der Waals surface area contributed by atoms with E-state index in [9.17, 15) is 0 Å². The number of rotatable bonds is 4. The predicted octanol–water partition coefficient (Wildman–Crippen LogP) is 3.82. The molecule has 1 saturated carbocycles. The summed E-state index contributed by atoms with van der Waals surface area (Å²) in [4.78, 5) is 11.8. The molecule has 0 saturated heterocycles. The molecule has 1 aliphatic rings. The summed E-state index contributed by atoms with van der Waals surface area (Å²) in [5.41, 5.74) is 2.89. The first-order chi connectivity index (χ1) is 10.8. The minimum Gasteiger partial charge on any atom is -0.346 e. The monoisotopic (exact) mass is 295 g/mol. The third-order valence-corrected chi connectivity index (χ3v) is 4.94. The molecule has 0 spiro atoms. The Balaban J connectivity index is 1.67. The normalized spacial score (nSPS) is 22.6. The van der Waals surface area contributed by atoms with Gasteiger partial charge >= 0.3 is 0 Å². The van der Waals surface area contributed by atoms with E-state index >= 15 is 0 Å². The average Bonchev–Trinajstić information content (AvgIpc) is 3.15. The molecule has 0 aliphatic heterocycles. The van der Waals surface area contributed by atoms with Gasteiger partial charge in [0.25, 0.3) is 0 Å². The van der Waals surface area contributed by atoms with Crippen molar-refractivity contribution in [1.82, 2.24) is 24.7 Å². The van der Waals surface area contributed by atoms with E-state index in [2.05, 4.69) is 44.8 Å². The summed E-state index contributed by atoms with van der Waals surface area (Å²) >= 11 is 0. The molecule has 5 heteroatoms. The molecule has 4 rings (SSSR count). The average molecular weight is 295 g/mol. The van der Waals surface area contributed by atoms with Crippen LogP contribution in [0.1, 0.15) is 39.2 Å². The van der Waals surface area contributed by atoms with Gasteiger partial charge in [-0.15, -0.1) is 0 Å². The summed E-state index contributed by atoms with van der Waals surface area (Å²) in [6, 6.07) is 2.53. The highest BCUT2D eigenvalue weighted by atomic mass is 15.3. The van der Waals surface area contributed by atoms with E-state index in [0.29, 0.717) is 6.04 Å². The zero-order valence-electron chi connectivity index (χ0n) is 13.0. The van der Waals surface area contributed by atoms with E-state index in [1.54, 1.807) is 6.33 Å². The van der Waals surface area contributed by atoms with Crippen LogP contribution in [0.3, 0.4) is 0 Å². The SMILES string of the molecule is CC[C@H](C1CC(C)C1)n1cc(-c2ncnc3[nH]ccc23)cn1. The number of nitrogens with one attached hydrogen (secondary N) is 1. The molecule has 5 nitrogen and oxygen atoms in total. The van der Waals surface area contributed by atoms with Gasteiger partial charge in [-0.1, -0.05) is 13.8 Å². The van der Waals surface area contributed by atoms with Crippen LogP contribution in [-0.4, -0.2) is 24.7 Å². The molecule has 3 heterocycles. The van der Waals surface area contributed by atoms with Crippen molar-refractivity contribution < 1.29 is 0 Å². The summed E-state index contributed by atoms with van der Waals surface area (Å²) in [5.74, 6) is 1.64. The van der Waals surface area contributed by atoms with E-state index in [1.807, 2.05) is 18.5 Å². The first kappa shape index (κ1) is 13.5. The van der Waals surface area contributed by atoms with Gasteiger partial charge in [0.15, 0.2) is 0 Å². The molecule has 114 valence electrons. The van der Waals surface area contributed by atoms with E-state index in [1.165, 1.54) is 12.8 Å². The number of hydrogen-bond donors (Lipinski definition) is 1. The zero-order chi connectivity index (χ0) is 15.1. The molecule has 1 aliphatic carbocycles. The fourth-order valence-electron chi connectivity index (χ4n) is 3.76. The maximum atomic E-state index is 4.63. The van der Waals surface area contributed by atoms with Crippen molar-refractivity contribution in [3.8, 4) is 11.3 Å². The number of aromatic nitrogens is 5. The lowest BCUT2D eigenvalue weighted by atomic mass is 9.71. The highest BCUT2D eigenvalue weighted by Gasteiger charge is 2.33. The van der Waals surface area contributed by atoms with Crippen LogP contribution in [0.15, 0.2) is 31.0 Å².